The predicted octanol–water partition coefficient (Wildman–Crippen LogP) is 4.71. The molecule has 0 aliphatic carbocycles. The first kappa shape index (κ1) is 17.0. The van der Waals surface area contributed by atoms with Crippen LogP contribution in [-0.4, -0.2) is 12.6 Å². The number of nitrogens with two attached hydrogens (primary N) is 1. The zero-order valence-corrected chi connectivity index (χ0v) is 13.2. The smallest absolute Gasteiger partial charge is 0.119 e. The molecule has 0 bridgehead atoms. The van der Waals surface area contributed by atoms with Crippen molar-refractivity contribution < 1.29 is 4.74 Å². The van der Waals surface area contributed by atoms with Gasteiger partial charge in [-0.3, -0.25) is 0 Å². The van der Waals surface area contributed by atoms with E-state index in [0.717, 1.165) is 31.6 Å². The third kappa shape index (κ3) is 8.21. The van der Waals surface area contributed by atoms with E-state index >= 15 is 0 Å². The Hall–Kier alpha value is -1.02. The second-order valence-electron chi connectivity index (χ2n) is 5.78. The summed E-state index contributed by atoms with van der Waals surface area (Å²) in [6, 6.07) is 8.73. The fourth-order valence-electron chi connectivity index (χ4n) is 2.22. The van der Waals surface area contributed by atoms with Crippen molar-refractivity contribution in [1.82, 2.24) is 0 Å². The van der Waals surface area contributed by atoms with Crippen LogP contribution in [0.5, 0.6) is 5.75 Å². The number of hydrogen-bond acceptors (Lipinski definition) is 2. The Balaban J connectivity index is 2.12. The molecule has 1 atom stereocenters. The Bertz CT molecular complexity index is 332. The van der Waals surface area contributed by atoms with E-state index in [2.05, 4.69) is 38.1 Å². The van der Waals surface area contributed by atoms with Crippen LogP contribution in [-0.2, 0) is 6.42 Å². The third-order valence-electron chi connectivity index (χ3n) is 3.58. The fraction of sp³-hybridized carbons (Fsp3) is 0.667. The molecule has 0 saturated carbocycles. The topological polar surface area (TPSA) is 35.2 Å². The van der Waals surface area contributed by atoms with Gasteiger partial charge in [0, 0.05) is 6.04 Å². The summed E-state index contributed by atoms with van der Waals surface area (Å²) in [5.74, 6) is 0.989. The van der Waals surface area contributed by atoms with Crippen LogP contribution in [0.2, 0.25) is 0 Å². The molecule has 114 valence electrons. The standard InChI is InChI=1S/C18H31NO/c1-3-4-5-6-7-8-15-20-18-13-11-17(12-14-18)10-9-16(2)19/h11-14,16H,3-10,15,19H2,1-2H3. The van der Waals surface area contributed by atoms with Crippen LogP contribution in [0.4, 0.5) is 0 Å². The lowest BCUT2D eigenvalue weighted by molar-refractivity contribution is 0.304. The van der Waals surface area contributed by atoms with E-state index < -0.39 is 0 Å². The molecule has 2 heteroatoms. The molecule has 0 spiro atoms. The van der Waals surface area contributed by atoms with Gasteiger partial charge in [0.15, 0.2) is 0 Å². The van der Waals surface area contributed by atoms with Crippen LogP contribution in [0.25, 0.3) is 0 Å². The Morgan fingerprint density at radius 1 is 1.00 bits per heavy atom. The highest BCUT2D eigenvalue weighted by atomic mass is 16.5. The van der Waals surface area contributed by atoms with E-state index in [1.807, 2.05) is 0 Å². The van der Waals surface area contributed by atoms with Gasteiger partial charge >= 0.3 is 0 Å². The molecule has 0 amide bonds. The minimum Gasteiger partial charge on any atom is -0.494 e. The second kappa shape index (κ2) is 10.7. The number of aryl methyl sites for hydroxylation is 1. The largest absolute Gasteiger partial charge is 0.494 e. The van der Waals surface area contributed by atoms with Gasteiger partial charge in [-0.05, 0) is 43.9 Å². The molecule has 0 aromatic heterocycles. The van der Waals surface area contributed by atoms with Gasteiger partial charge in [0.1, 0.15) is 5.75 Å². The zero-order valence-electron chi connectivity index (χ0n) is 13.2. The highest BCUT2D eigenvalue weighted by molar-refractivity contribution is 5.27. The molecule has 0 aliphatic rings. The number of unbranched alkanes of at least 4 members (excludes halogenated alkanes) is 5. The minimum absolute atomic E-state index is 0.277. The lowest BCUT2D eigenvalue weighted by atomic mass is 10.1. The maximum absolute atomic E-state index is 5.77. The Morgan fingerprint density at radius 3 is 2.30 bits per heavy atom. The first-order valence-corrected chi connectivity index (χ1v) is 8.19. The maximum Gasteiger partial charge on any atom is 0.119 e. The first-order chi connectivity index (χ1) is 9.72. The van der Waals surface area contributed by atoms with Crippen LogP contribution in [0.15, 0.2) is 24.3 Å². The maximum atomic E-state index is 5.77. The van der Waals surface area contributed by atoms with Crippen molar-refractivity contribution in [3.8, 4) is 5.75 Å². The average Bonchev–Trinajstić information content (AvgIpc) is 2.45. The molecule has 1 aromatic rings. The summed E-state index contributed by atoms with van der Waals surface area (Å²) in [5, 5.41) is 0. The quantitative estimate of drug-likeness (QED) is 0.595. The average molecular weight is 277 g/mol. The minimum atomic E-state index is 0.277. The van der Waals surface area contributed by atoms with E-state index in [1.165, 1.54) is 37.7 Å². The summed E-state index contributed by atoms with van der Waals surface area (Å²) in [7, 11) is 0. The van der Waals surface area contributed by atoms with Gasteiger partial charge in [-0.15, -0.1) is 0 Å². The van der Waals surface area contributed by atoms with E-state index in [0.29, 0.717) is 0 Å². The van der Waals surface area contributed by atoms with E-state index in [1.54, 1.807) is 0 Å². The molecule has 2 nitrogen and oxygen atoms in total. The molecular weight excluding hydrogens is 246 g/mol. The molecule has 0 heterocycles. The number of hydrogen-bond donors (Lipinski definition) is 1. The summed E-state index contributed by atoms with van der Waals surface area (Å²) in [6.07, 6.45) is 9.92. The van der Waals surface area contributed by atoms with Crippen molar-refractivity contribution in [1.29, 1.82) is 0 Å². The molecule has 1 rings (SSSR count). The SMILES string of the molecule is CCCCCCCCOc1ccc(CCC(C)N)cc1. The second-order valence-corrected chi connectivity index (χ2v) is 5.78. The third-order valence-corrected chi connectivity index (χ3v) is 3.58. The first-order valence-electron chi connectivity index (χ1n) is 8.19. The summed E-state index contributed by atoms with van der Waals surface area (Å²) in [4.78, 5) is 0. The van der Waals surface area contributed by atoms with Crippen LogP contribution < -0.4 is 10.5 Å². The Labute approximate surface area is 124 Å². The van der Waals surface area contributed by atoms with E-state index in [-0.39, 0.29) is 6.04 Å². The molecule has 0 aliphatic heterocycles. The molecule has 1 aromatic carbocycles. The van der Waals surface area contributed by atoms with Crippen molar-refractivity contribution >= 4 is 0 Å². The molecule has 0 fully saturated rings. The molecule has 0 saturated heterocycles. The summed E-state index contributed by atoms with van der Waals surface area (Å²) >= 11 is 0. The molecular formula is C18H31NO. The van der Waals surface area contributed by atoms with Crippen molar-refractivity contribution in [2.24, 2.45) is 5.73 Å². The van der Waals surface area contributed by atoms with Crippen LogP contribution in [0.1, 0.15) is 64.4 Å². The van der Waals surface area contributed by atoms with Gasteiger partial charge in [-0.1, -0.05) is 51.2 Å². The number of ether oxygens (including phenoxy) is 1. The van der Waals surface area contributed by atoms with Crippen LogP contribution in [0.3, 0.4) is 0 Å². The molecule has 0 radical (unpaired) electrons. The van der Waals surface area contributed by atoms with Gasteiger partial charge in [0.25, 0.3) is 0 Å². The lowest BCUT2D eigenvalue weighted by Crippen LogP contribution is -2.15. The Morgan fingerprint density at radius 2 is 1.65 bits per heavy atom. The molecule has 20 heavy (non-hydrogen) atoms. The fourth-order valence-corrected chi connectivity index (χ4v) is 2.22. The lowest BCUT2D eigenvalue weighted by Gasteiger charge is -2.08. The van der Waals surface area contributed by atoms with Crippen molar-refractivity contribution in [2.75, 3.05) is 6.61 Å². The normalized spacial score (nSPS) is 12.3. The van der Waals surface area contributed by atoms with Crippen LogP contribution >= 0.6 is 0 Å². The van der Waals surface area contributed by atoms with Crippen molar-refractivity contribution in [3.05, 3.63) is 29.8 Å². The monoisotopic (exact) mass is 277 g/mol. The summed E-state index contributed by atoms with van der Waals surface area (Å²) in [5.41, 5.74) is 7.11. The van der Waals surface area contributed by atoms with Crippen molar-refractivity contribution in [3.63, 3.8) is 0 Å². The number of benzene rings is 1. The number of rotatable bonds is 11. The van der Waals surface area contributed by atoms with Gasteiger partial charge in [-0.2, -0.15) is 0 Å². The summed E-state index contributed by atoms with van der Waals surface area (Å²) < 4.78 is 5.77. The highest BCUT2D eigenvalue weighted by Gasteiger charge is 1.98. The van der Waals surface area contributed by atoms with Gasteiger partial charge in [0.2, 0.25) is 0 Å². The van der Waals surface area contributed by atoms with E-state index in [4.69, 9.17) is 10.5 Å². The zero-order chi connectivity index (χ0) is 14.6. The molecule has 2 N–H and O–H groups in total. The predicted molar refractivity (Wildman–Crippen MR) is 87.3 cm³/mol. The van der Waals surface area contributed by atoms with Gasteiger partial charge < -0.3 is 10.5 Å². The van der Waals surface area contributed by atoms with E-state index in [9.17, 15) is 0 Å². The van der Waals surface area contributed by atoms with Crippen molar-refractivity contribution in [2.45, 2.75) is 71.3 Å². The summed E-state index contributed by atoms with van der Waals surface area (Å²) in [6.45, 7) is 5.14. The highest BCUT2D eigenvalue weighted by Crippen LogP contribution is 2.14. The molecule has 1 unspecified atom stereocenters. The van der Waals surface area contributed by atoms with Gasteiger partial charge in [0.05, 0.1) is 6.61 Å². The van der Waals surface area contributed by atoms with Gasteiger partial charge in [-0.25, -0.2) is 0 Å². The Kier molecular flexibility index (Phi) is 9.14. The van der Waals surface area contributed by atoms with Crippen LogP contribution in [0, 0.1) is 0 Å².